The molecular formula is C20H40CaO2Zn. The summed E-state index contributed by atoms with van der Waals surface area (Å²) in [6, 6.07) is 0. The van der Waals surface area contributed by atoms with Crippen LogP contribution in [0.2, 0.25) is 0 Å². The van der Waals surface area contributed by atoms with Crippen LogP contribution in [0.5, 0.6) is 0 Å². The number of carbonyl (C=O) groups is 1. The Labute approximate surface area is 196 Å². The fraction of sp³-hybridized carbons (Fsp3) is 0.850. The molecule has 0 saturated heterocycles. The predicted octanol–water partition coefficient (Wildman–Crippen LogP) is 6.30. The van der Waals surface area contributed by atoms with E-state index in [2.05, 4.69) is 27.7 Å². The smallest absolute Gasteiger partial charge is 1.00 e. The van der Waals surface area contributed by atoms with Crippen molar-refractivity contribution in [1.29, 1.82) is 0 Å². The molecule has 0 heterocycles. The molecule has 1 N–H and O–H groups in total. The normalized spacial score (nSPS) is 13.8. The first-order valence-corrected chi connectivity index (χ1v) is 9.21. The maximum Gasteiger partial charge on any atom is 2.00 e. The average molecular weight is 418 g/mol. The molecule has 0 spiro atoms. The maximum absolute atomic E-state index is 10.5. The first kappa shape index (κ1) is 29.8. The van der Waals surface area contributed by atoms with Crippen molar-refractivity contribution in [3.05, 3.63) is 11.6 Å². The SMILES string of the molecule is C/C(=C\C(=O)O)CCC[C@H](C)CCC[C@H](C)CCCC(C)C.[Ca+2].[H-].[H-].[Zn]. The molecule has 0 bridgehead atoms. The molecule has 0 fully saturated rings. The van der Waals surface area contributed by atoms with E-state index in [1.807, 2.05) is 6.92 Å². The minimum atomic E-state index is -0.822. The Balaban J connectivity index is -0.000000367. The first-order chi connectivity index (χ1) is 10.3. The molecule has 0 radical (unpaired) electrons. The van der Waals surface area contributed by atoms with Gasteiger partial charge >= 0.3 is 43.7 Å². The minimum Gasteiger partial charge on any atom is -1.00 e. The minimum absolute atomic E-state index is 0. The van der Waals surface area contributed by atoms with Crippen molar-refractivity contribution >= 4 is 43.7 Å². The van der Waals surface area contributed by atoms with Crippen LogP contribution in [-0.2, 0) is 24.3 Å². The van der Waals surface area contributed by atoms with Crippen LogP contribution < -0.4 is 0 Å². The zero-order valence-electron chi connectivity index (χ0n) is 18.9. The molecule has 0 aromatic heterocycles. The van der Waals surface area contributed by atoms with Gasteiger partial charge in [0.2, 0.25) is 0 Å². The van der Waals surface area contributed by atoms with Crippen LogP contribution in [0.1, 0.15) is 95.3 Å². The molecule has 0 aromatic rings. The fourth-order valence-electron chi connectivity index (χ4n) is 2.99. The van der Waals surface area contributed by atoms with E-state index in [1.54, 1.807) is 0 Å². The molecule has 0 amide bonds. The van der Waals surface area contributed by atoms with Gasteiger partial charge in [0.15, 0.2) is 0 Å². The summed E-state index contributed by atoms with van der Waals surface area (Å²) >= 11 is 0. The number of hydrogen-bond donors (Lipinski definition) is 1. The van der Waals surface area contributed by atoms with Gasteiger partial charge in [-0.25, -0.2) is 4.79 Å². The topological polar surface area (TPSA) is 37.3 Å². The molecule has 24 heavy (non-hydrogen) atoms. The monoisotopic (exact) mass is 416 g/mol. The molecule has 0 aliphatic carbocycles. The zero-order chi connectivity index (χ0) is 17.0. The van der Waals surface area contributed by atoms with E-state index < -0.39 is 5.97 Å². The zero-order valence-corrected chi connectivity index (χ0v) is 22.1. The molecule has 2 atom stereocenters. The molecule has 0 unspecified atom stereocenters. The third kappa shape index (κ3) is 21.1. The van der Waals surface area contributed by atoms with Crippen molar-refractivity contribution in [3.8, 4) is 0 Å². The summed E-state index contributed by atoms with van der Waals surface area (Å²) in [6.45, 7) is 11.3. The van der Waals surface area contributed by atoms with Crippen molar-refractivity contribution in [3.63, 3.8) is 0 Å². The third-order valence-corrected chi connectivity index (χ3v) is 4.51. The van der Waals surface area contributed by atoms with Crippen molar-refractivity contribution in [2.45, 2.75) is 92.4 Å². The molecule has 0 aliphatic heterocycles. The molecule has 0 saturated carbocycles. The van der Waals surface area contributed by atoms with Crippen molar-refractivity contribution in [2.24, 2.45) is 17.8 Å². The second kappa shape index (κ2) is 18.9. The number of carboxylic acid groups (broad SMARTS) is 1. The van der Waals surface area contributed by atoms with Gasteiger partial charge in [-0.05, 0) is 37.5 Å². The van der Waals surface area contributed by atoms with E-state index in [4.69, 9.17) is 5.11 Å². The van der Waals surface area contributed by atoms with Gasteiger partial charge in [-0.2, -0.15) is 0 Å². The molecule has 0 rings (SSSR count). The summed E-state index contributed by atoms with van der Waals surface area (Å²) < 4.78 is 0. The largest absolute Gasteiger partial charge is 2.00 e. The summed E-state index contributed by atoms with van der Waals surface area (Å²) in [4.78, 5) is 10.5. The number of aliphatic carboxylic acids is 1. The van der Waals surface area contributed by atoms with Crippen molar-refractivity contribution in [1.82, 2.24) is 0 Å². The summed E-state index contributed by atoms with van der Waals surface area (Å²) in [5, 5.41) is 8.68. The molecule has 4 heteroatoms. The van der Waals surface area contributed by atoms with Gasteiger partial charge in [0.1, 0.15) is 0 Å². The molecular weight excluding hydrogens is 378 g/mol. The van der Waals surface area contributed by atoms with Crippen LogP contribution in [0.25, 0.3) is 0 Å². The molecule has 136 valence electrons. The number of carboxylic acids is 1. The fourth-order valence-corrected chi connectivity index (χ4v) is 2.99. The Morgan fingerprint density at radius 1 is 0.917 bits per heavy atom. The Morgan fingerprint density at radius 3 is 1.75 bits per heavy atom. The van der Waals surface area contributed by atoms with Gasteiger partial charge in [0.25, 0.3) is 0 Å². The van der Waals surface area contributed by atoms with E-state index in [0.717, 1.165) is 36.2 Å². The summed E-state index contributed by atoms with van der Waals surface area (Å²) in [6.07, 6.45) is 12.7. The van der Waals surface area contributed by atoms with Gasteiger partial charge in [0, 0.05) is 25.6 Å². The average Bonchev–Trinajstić information content (AvgIpc) is 2.37. The second-order valence-corrected chi connectivity index (χ2v) is 7.69. The third-order valence-electron chi connectivity index (χ3n) is 4.51. The predicted molar refractivity (Wildman–Crippen MR) is 104 cm³/mol. The van der Waals surface area contributed by atoms with Gasteiger partial charge in [0.05, 0.1) is 0 Å². The van der Waals surface area contributed by atoms with Crippen molar-refractivity contribution in [2.75, 3.05) is 0 Å². The standard InChI is InChI=1S/C20H38O2.Ca.Zn.2H/c1-16(2)9-6-10-17(3)11-7-12-18(4)13-8-14-19(5)15-20(21)22;;;;/h15-18H,6-14H2,1-5H3,(H,21,22);;;;/q;+2;;2*-1/b19-15+;;;;/t17-,18-;;;;/m1..../s1. The maximum atomic E-state index is 10.5. The van der Waals surface area contributed by atoms with Crippen LogP contribution in [-0.4, -0.2) is 48.8 Å². The van der Waals surface area contributed by atoms with E-state index in [1.165, 1.54) is 51.0 Å². The van der Waals surface area contributed by atoms with Crippen LogP contribution in [0, 0.1) is 17.8 Å². The van der Waals surface area contributed by atoms with E-state index in [0.29, 0.717) is 0 Å². The van der Waals surface area contributed by atoms with Gasteiger partial charge in [-0.1, -0.05) is 78.2 Å². The number of allylic oxidation sites excluding steroid dienone is 1. The van der Waals surface area contributed by atoms with Crippen LogP contribution in [0.15, 0.2) is 11.6 Å². The Morgan fingerprint density at radius 2 is 1.33 bits per heavy atom. The Hall–Kier alpha value is 1.09. The first-order valence-electron chi connectivity index (χ1n) is 9.21. The van der Waals surface area contributed by atoms with Crippen molar-refractivity contribution < 1.29 is 32.2 Å². The van der Waals surface area contributed by atoms with Crippen LogP contribution in [0.4, 0.5) is 0 Å². The molecule has 0 aliphatic rings. The van der Waals surface area contributed by atoms with Crippen LogP contribution >= 0.6 is 0 Å². The van der Waals surface area contributed by atoms with E-state index in [-0.39, 0.29) is 60.1 Å². The molecule has 2 nitrogen and oxygen atoms in total. The summed E-state index contributed by atoms with van der Waals surface area (Å²) in [7, 11) is 0. The Bertz CT molecular complexity index is 340. The van der Waals surface area contributed by atoms with Gasteiger partial charge < -0.3 is 7.96 Å². The number of rotatable bonds is 13. The summed E-state index contributed by atoms with van der Waals surface area (Å²) in [5.74, 6) is 1.65. The summed E-state index contributed by atoms with van der Waals surface area (Å²) in [5.41, 5.74) is 0.985. The Kier molecular flexibility index (Phi) is 23.5. The second-order valence-electron chi connectivity index (χ2n) is 7.69. The van der Waals surface area contributed by atoms with E-state index >= 15 is 0 Å². The molecule has 0 aromatic carbocycles. The van der Waals surface area contributed by atoms with Gasteiger partial charge in [-0.15, -0.1) is 0 Å². The van der Waals surface area contributed by atoms with Gasteiger partial charge in [-0.3, -0.25) is 0 Å². The van der Waals surface area contributed by atoms with Crippen LogP contribution in [0.3, 0.4) is 0 Å². The van der Waals surface area contributed by atoms with E-state index in [9.17, 15) is 4.79 Å². The number of hydrogen-bond acceptors (Lipinski definition) is 1. The quantitative estimate of drug-likeness (QED) is 0.282.